The predicted molar refractivity (Wildman–Crippen MR) is 272 cm³/mol. The minimum atomic E-state index is 1.20. The second kappa shape index (κ2) is 15.9. The topological polar surface area (TPSA) is 0 Å². The third kappa shape index (κ3) is 6.48. The van der Waals surface area contributed by atoms with Gasteiger partial charge in [-0.25, -0.2) is 0 Å². The zero-order valence-electron chi connectivity index (χ0n) is 35.2. The van der Waals surface area contributed by atoms with Gasteiger partial charge in [0, 0.05) is 0 Å². The first-order valence-electron chi connectivity index (χ1n) is 22.2. The third-order valence-electron chi connectivity index (χ3n) is 13.0. The van der Waals surface area contributed by atoms with Gasteiger partial charge in [-0.1, -0.05) is 224 Å². The van der Waals surface area contributed by atoms with Crippen LogP contribution in [0.4, 0.5) is 0 Å². The minimum absolute atomic E-state index is 1.20. The fourth-order valence-corrected chi connectivity index (χ4v) is 10.1. The highest BCUT2D eigenvalue weighted by Gasteiger charge is 2.27. The van der Waals surface area contributed by atoms with Crippen molar-refractivity contribution in [3.05, 3.63) is 255 Å². The molecule has 0 bridgehead atoms. The smallest absolute Gasteiger partial charge is 0.00201 e. The van der Waals surface area contributed by atoms with E-state index in [1.54, 1.807) is 0 Å². The van der Waals surface area contributed by atoms with Crippen LogP contribution in [0.15, 0.2) is 255 Å². The Balaban J connectivity index is 1.09. The molecule has 0 spiro atoms. The second-order valence-electron chi connectivity index (χ2n) is 16.7. The SMILES string of the molecule is c1ccc(-c2cc(-c3ccccc3)c(-c3ccc4c(c3)-c3cccc5c(-c6c(-c7ccccc7)cc(-c7ccccc7)cc6-c6ccccc6)ccc-4c35)c(-c3ccccc3)c2)cc1. The Hall–Kier alpha value is -8.32. The van der Waals surface area contributed by atoms with E-state index in [9.17, 15) is 0 Å². The molecule has 64 heavy (non-hydrogen) atoms. The van der Waals surface area contributed by atoms with Crippen LogP contribution in [-0.4, -0.2) is 0 Å². The molecular formula is C64H42. The van der Waals surface area contributed by atoms with Gasteiger partial charge < -0.3 is 0 Å². The average Bonchev–Trinajstić information content (AvgIpc) is 3.71. The van der Waals surface area contributed by atoms with Gasteiger partial charge in [-0.2, -0.15) is 0 Å². The van der Waals surface area contributed by atoms with Crippen molar-refractivity contribution in [2.24, 2.45) is 0 Å². The number of hydrogen-bond donors (Lipinski definition) is 0. The summed E-state index contributed by atoms with van der Waals surface area (Å²) >= 11 is 0. The molecule has 0 radical (unpaired) electrons. The van der Waals surface area contributed by atoms with E-state index in [-0.39, 0.29) is 0 Å². The third-order valence-corrected chi connectivity index (χ3v) is 13.0. The lowest BCUT2D eigenvalue weighted by atomic mass is 9.82. The Bertz CT molecular complexity index is 3360. The highest BCUT2D eigenvalue weighted by molar-refractivity contribution is 6.21. The van der Waals surface area contributed by atoms with Gasteiger partial charge in [0.25, 0.3) is 0 Å². The maximum Gasteiger partial charge on any atom is -0.00201 e. The van der Waals surface area contributed by atoms with Crippen molar-refractivity contribution < 1.29 is 0 Å². The molecule has 0 heteroatoms. The first-order valence-corrected chi connectivity index (χ1v) is 22.2. The van der Waals surface area contributed by atoms with Crippen LogP contribution in [0.3, 0.4) is 0 Å². The maximum absolute atomic E-state index is 2.46. The van der Waals surface area contributed by atoms with Gasteiger partial charge >= 0.3 is 0 Å². The van der Waals surface area contributed by atoms with Crippen LogP contribution in [0, 0.1) is 0 Å². The van der Waals surface area contributed by atoms with Crippen molar-refractivity contribution in [1.29, 1.82) is 0 Å². The van der Waals surface area contributed by atoms with Gasteiger partial charge in [-0.3, -0.25) is 0 Å². The number of hydrogen-bond acceptors (Lipinski definition) is 0. The van der Waals surface area contributed by atoms with E-state index in [1.165, 1.54) is 122 Å². The molecule has 1 aliphatic rings. The summed E-state index contributed by atoms with van der Waals surface area (Å²) in [4.78, 5) is 0. The van der Waals surface area contributed by atoms with E-state index in [2.05, 4.69) is 255 Å². The molecule has 0 aromatic heterocycles. The first kappa shape index (κ1) is 37.4. The molecule has 0 atom stereocenters. The molecule has 0 unspecified atom stereocenters. The molecule has 298 valence electrons. The summed E-state index contributed by atoms with van der Waals surface area (Å²) < 4.78 is 0. The monoisotopic (exact) mass is 810 g/mol. The highest BCUT2D eigenvalue weighted by Crippen LogP contribution is 2.54. The molecule has 0 nitrogen and oxygen atoms in total. The molecule has 0 amide bonds. The fourth-order valence-electron chi connectivity index (χ4n) is 10.1. The van der Waals surface area contributed by atoms with E-state index in [4.69, 9.17) is 0 Å². The average molecular weight is 811 g/mol. The molecule has 0 saturated carbocycles. The molecule has 12 rings (SSSR count). The van der Waals surface area contributed by atoms with Gasteiger partial charge in [0.05, 0.1) is 0 Å². The van der Waals surface area contributed by atoms with E-state index < -0.39 is 0 Å². The Morgan fingerprint density at radius 3 is 0.938 bits per heavy atom. The van der Waals surface area contributed by atoms with Gasteiger partial charge in [0.1, 0.15) is 0 Å². The van der Waals surface area contributed by atoms with Gasteiger partial charge in [-0.05, 0) is 152 Å². The molecule has 0 N–H and O–H groups in total. The van der Waals surface area contributed by atoms with Crippen molar-refractivity contribution in [2.45, 2.75) is 0 Å². The van der Waals surface area contributed by atoms with Crippen molar-refractivity contribution in [1.82, 2.24) is 0 Å². The molecule has 0 heterocycles. The second-order valence-corrected chi connectivity index (χ2v) is 16.7. The predicted octanol–water partition coefficient (Wildman–Crippen LogP) is 17.8. The molecule has 0 aliphatic heterocycles. The van der Waals surface area contributed by atoms with Crippen molar-refractivity contribution in [3.63, 3.8) is 0 Å². The summed E-state index contributed by atoms with van der Waals surface area (Å²) in [5, 5.41) is 2.57. The zero-order valence-corrected chi connectivity index (χ0v) is 35.2. The summed E-state index contributed by atoms with van der Waals surface area (Å²) in [6, 6.07) is 93.6. The lowest BCUT2D eigenvalue weighted by molar-refractivity contribution is 1.54. The van der Waals surface area contributed by atoms with Gasteiger partial charge in [-0.15, -0.1) is 0 Å². The summed E-state index contributed by atoms with van der Waals surface area (Å²) in [5.41, 5.74) is 24.5. The van der Waals surface area contributed by atoms with Crippen LogP contribution in [0.2, 0.25) is 0 Å². The Morgan fingerprint density at radius 1 is 0.156 bits per heavy atom. The summed E-state index contributed by atoms with van der Waals surface area (Å²) in [6.07, 6.45) is 0. The summed E-state index contributed by atoms with van der Waals surface area (Å²) in [6.45, 7) is 0. The Labute approximate surface area is 375 Å². The Morgan fingerprint density at radius 2 is 0.500 bits per heavy atom. The molecule has 0 fully saturated rings. The molecule has 0 saturated heterocycles. The van der Waals surface area contributed by atoms with Crippen LogP contribution in [0.25, 0.3) is 122 Å². The van der Waals surface area contributed by atoms with E-state index >= 15 is 0 Å². The van der Waals surface area contributed by atoms with E-state index in [0.717, 1.165) is 0 Å². The van der Waals surface area contributed by atoms with E-state index in [0.29, 0.717) is 0 Å². The van der Waals surface area contributed by atoms with Crippen LogP contribution in [0.5, 0.6) is 0 Å². The van der Waals surface area contributed by atoms with E-state index in [1.807, 2.05) is 0 Å². The standard InChI is InChI=1S/C64H42/c1-7-20-43(21-8-1)50-39-57(45-24-11-3-12-25-45)62(58(40-50)46-26-13-4-14-27-46)49-34-35-52-55-36-37-56(53-32-19-33-54(63(53)55)61(52)38-49)64-59(47-28-15-5-16-29-47)41-51(44-22-9-2-10-23-44)42-60(64)48-30-17-6-18-31-48/h1-42H. The summed E-state index contributed by atoms with van der Waals surface area (Å²) in [5.74, 6) is 0. The van der Waals surface area contributed by atoms with Crippen LogP contribution >= 0.6 is 0 Å². The number of fused-ring (bicyclic) bond motifs is 3. The van der Waals surface area contributed by atoms with Gasteiger partial charge in [0.15, 0.2) is 0 Å². The molecule has 1 aliphatic carbocycles. The molecule has 11 aromatic carbocycles. The lowest BCUT2D eigenvalue weighted by Gasteiger charge is -2.21. The maximum atomic E-state index is 2.46. The first-order chi connectivity index (χ1) is 31.8. The molecule has 11 aromatic rings. The normalized spacial score (nSPS) is 11.4. The van der Waals surface area contributed by atoms with Crippen LogP contribution in [0.1, 0.15) is 0 Å². The summed E-state index contributed by atoms with van der Waals surface area (Å²) in [7, 11) is 0. The quantitative estimate of drug-likeness (QED) is 0.143. The largest absolute Gasteiger partial charge is 0.0622 e. The van der Waals surface area contributed by atoms with Crippen LogP contribution < -0.4 is 0 Å². The molecular weight excluding hydrogens is 769 g/mol. The van der Waals surface area contributed by atoms with Gasteiger partial charge in [0.2, 0.25) is 0 Å². The fraction of sp³-hybridized carbons (Fsp3) is 0. The number of benzene rings is 11. The lowest BCUT2D eigenvalue weighted by Crippen LogP contribution is -1.94. The van der Waals surface area contributed by atoms with Crippen LogP contribution in [-0.2, 0) is 0 Å². The van der Waals surface area contributed by atoms with Crippen molar-refractivity contribution in [2.75, 3.05) is 0 Å². The Kier molecular flexibility index (Phi) is 9.28. The number of rotatable bonds is 8. The van der Waals surface area contributed by atoms with Crippen molar-refractivity contribution in [3.8, 4) is 111 Å². The zero-order chi connectivity index (χ0) is 42.4. The highest BCUT2D eigenvalue weighted by atomic mass is 14.3. The minimum Gasteiger partial charge on any atom is -0.0622 e. The van der Waals surface area contributed by atoms with Crippen molar-refractivity contribution >= 4 is 10.8 Å².